The molecule has 0 radical (unpaired) electrons. The molecule has 1 aliphatic rings. The first-order chi connectivity index (χ1) is 12.4. The van der Waals surface area contributed by atoms with E-state index in [0.29, 0.717) is 0 Å². The molecule has 6 nitrogen and oxygen atoms in total. The molecule has 3 rings (SSSR count). The first-order valence-electron chi connectivity index (χ1n) is 8.22. The molecule has 0 aliphatic carbocycles. The minimum atomic E-state index is -3.87. The fourth-order valence-corrected chi connectivity index (χ4v) is 3.91. The van der Waals surface area contributed by atoms with E-state index < -0.39 is 21.5 Å². The first-order valence-corrected chi connectivity index (χ1v) is 9.71. The van der Waals surface area contributed by atoms with Crippen molar-refractivity contribution in [1.29, 1.82) is 0 Å². The molecule has 0 saturated carbocycles. The molecule has 2 N–H and O–H groups in total. The number of hydroxylamine groups is 1. The third-order valence-corrected chi connectivity index (χ3v) is 5.60. The quantitative estimate of drug-likeness (QED) is 0.755. The van der Waals surface area contributed by atoms with Gasteiger partial charge in [-0.2, -0.15) is 0 Å². The van der Waals surface area contributed by atoms with E-state index in [1.807, 2.05) is 48.1 Å². The summed E-state index contributed by atoms with van der Waals surface area (Å²) in [5, 5.41) is 0. The van der Waals surface area contributed by atoms with Gasteiger partial charge in [-0.15, -0.1) is 5.48 Å². The van der Waals surface area contributed by atoms with Gasteiger partial charge in [0.15, 0.2) is 0 Å². The summed E-state index contributed by atoms with van der Waals surface area (Å²) in [6.07, 6.45) is 2.05. The second kappa shape index (κ2) is 8.58. The summed E-state index contributed by atoms with van der Waals surface area (Å²) in [6.45, 7) is 3.44. The number of carbonyl (C=O) groups excluding carboxylic acids is 1. The zero-order chi connectivity index (χ0) is 18.8. The molecule has 1 amide bonds. The van der Waals surface area contributed by atoms with Crippen LogP contribution in [0.1, 0.15) is 31.4 Å². The van der Waals surface area contributed by atoms with Crippen molar-refractivity contribution in [2.75, 3.05) is 0 Å². The minimum absolute atomic E-state index is 0. The molecule has 27 heavy (non-hydrogen) atoms. The Balaban J connectivity index is 0.00000261. The summed E-state index contributed by atoms with van der Waals surface area (Å²) < 4.78 is 26.5. The predicted molar refractivity (Wildman–Crippen MR) is 104 cm³/mol. The van der Waals surface area contributed by atoms with E-state index in [0.717, 1.165) is 16.9 Å². The van der Waals surface area contributed by atoms with Crippen molar-refractivity contribution < 1.29 is 18.0 Å². The number of hydrogen-bond donors (Lipinski definition) is 2. The topological polar surface area (TPSA) is 84.5 Å². The zero-order valence-electron chi connectivity index (χ0n) is 14.5. The SMILES string of the molecule is CCC(=O)NS(=O)(=O)c1ccc(C2(c3ccccc3)C=C(C)ON2)cc1.[NaH]. The average Bonchev–Trinajstić information content (AvgIpc) is 3.05. The van der Waals surface area contributed by atoms with Crippen molar-refractivity contribution in [1.82, 2.24) is 10.2 Å². The van der Waals surface area contributed by atoms with E-state index in [4.69, 9.17) is 4.84 Å². The molecule has 8 heteroatoms. The summed E-state index contributed by atoms with van der Waals surface area (Å²) in [4.78, 5) is 16.9. The van der Waals surface area contributed by atoms with Gasteiger partial charge in [0, 0.05) is 6.42 Å². The summed E-state index contributed by atoms with van der Waals surface area (Å²) in [5.41, 5.74) is 4.12. The fraction of sp³-hybridized carbons (Fsp3) is 0.211. The number of amides is 1. The van der Waals surface area contributed by atoms with Gasteiger partial charge in [0.25, 0.3) is 10.0 Å². The Hall–Kier alpha value is -1.64. The van der Waals surface area contributed by atoms with Crippen LogP contribution in [0.2, 0.25) is 0 Å². The van der Waals surface area contributed by atoms with Crippen LogP contribution in [0.4, 0.5) is 0 Å². The molecule has 1 heterocycles. The Morgan fingerprint density at radius 1 is 1.07 bits per heavy atom. The van der Waals surface area contributed by atoms with Gasteiger partial charge in [-0.1, -0.05) is 49.4 Å². The van der Waals surface area contributed by atoms with E-state index in [1.165, 1.54) is 12.1 Å². The molecule has 1 unspecified atom stereocenters. The fourth-order valence-electron chi connectivity index (χ4n) is 2.85. The van der Waals surface area contributed by atoms with Crippen LogP contribution in [-0.4, -0.2) is 43.9 Å². The predicted octanol–water partition coefficient (Wildman–Crippen LogP) is 1.94. The van der Waals surface area contributed by atoms with E-state index in [2.05, 4.69) is 5.48 Å². The Bertz CT molecular complexity index is 943. The number of hydrogen-bond acceptors (Lipinski definition) is 5. The van der Waals surface area contributed by atoms with E-state index in [-0.39, 0.29) is 40.9 Å². The number of allylic oxidation sites excluding steroid dienone is 1. The van der Waals surface area contributed by atoms with Crippen molar-refractivity contribution >= 4 is 45.5 Å². The van der Waals surface area contributed by atoms with Crippen LogP contribution in [0.15, 0.2) is 71.3 Å². The summed E-state index contributed by atoms with van der Waals surface area (Å²) >= 11 is 0. The first kappa shape index (κ1) is 21.7. The monoisotopic (exact) mass is 396 g/mol. The Morgan fingerprint density at radius 2 is 1.67 bits per heavy atom. The number of carbonyl (C=O) groups is 1. The van der Waals surface area contributed by atoms with Crippen LogP contribution in [0.3, 0.4) is 0 Å². The Kier molecular flexibility index (Phi) is 6.88. The molecule has 0 spiro atoms. The summed E-state index contributed by atoms with van der Waals surface area (Å²) in [7, 11) is -3.87. The molecular weight excluding hydrogens is 375 g/mol. The van der Waals surface area contributed by atoms with E-state index in [9.17, 15) is 13.2 Å². The standard InChI is InChI=1S/C19H20N2O4S.Na.H/c1-3-18(22)20-26(23,24)17-11-9-16(10-12-17)19(13-14(2)25-21-19)15-7-5-4-6-8-15;;/h4-13,21H,3H2,1-2H3,(H,20,22);;. The molecule has 1 atom stereocenters. The van der Waals surface area contributed by atoms with E-state index in [1.54, 1.807) is 19.1 Å². The van der Waals surface area contributed by atoms with Gasteiger partial charge >= 0.3 is 29.6 Å². The maximum atomic E-state index is 12.3. The number of benzene rings is 2. The molecular formula is C19H21N2NaO4S. The maximum absolute atomic E-state index is 12.3. The molecule has 0 aromatic heterocycles. The molecule has 2 aromatic carbocycles. The van der Waals surface area contributed by atoms with Crippen molar-refractivity contribution in [2.45, 2.75) is 30.7 Å². The van der Waals surface area contributed by atoms with E-state index >= 15 is 0 Å². The number of nitrogens with one attached hydrogen (secondary N) is 2. The molecule has 1 aliphatic heterocycles. The number of sulfonamides is 1. The van der Waals surface area contributed by atoms with Crippen molar-refractivity contribution in [3.05, 3.63) is 77.6 Å². The third-order valence-electron chi connectivity index (χ3n) is 4.21. The molecule has 0 bridgehead atoms. The van der Waals surface area contributed by atoms with Gasteiger partial charge in [-0.25, -0.2) is 13.1 Å². The molecule has 0 fully saturated rings. The number of rotatable bonds is 5. The van der Waals surface area contributed by atoms with Crippen LogP contribution in [0.5, 0.6) is 0 Å². The van der Waals surface area contributed by atoms with Gasteiger partial charge in [-0.3, -0.25) is 4.79 Å². The zero-order valence-corrected chi connectivity index (χ0v) is 15.3. The van der Waals surface area contributed by atoms with Crippen LogP contribution in [0, 0.1) is 0 Å². The summed E-state index contributed by atoms with van der Waals surface area (Å²) in [6, 6.07) is 16.1. The second-order valence-electron chi connectivity index (χ2n) is 6.04. The van der Waals surface area contributed by atoms with Gasteiger partial charge in [0.2, 0.25) is 5.91 Å². The van der Waals surface area contributed by atoms with Gasteiger partial charge in [0.05, 0.1) is 4.90 Å². The molecule has 2 aromatic rings. The van der Waals surface area contributed by atoms with Crippen molar-refractivity contribution in [2.24, 2.45) is 0 Å². The second-order valence-corrected chi connectivity index (χ2v) is 7.72. The van der Waals surface area contributed by atoms with Crippen LogP contribution < -0.4 is 10.2 Å². The van der Waals surface area contributed by atoms with Crippen LogP contribution in [0.25, 0.3) is 0 Å². The summed E-state index contributed by atoms with van der Waals surface area (Å²) in [5.74, 6) is 0.181. The Morgan fingerprint density at radius 3 is 2.19 bits per heavy atom. The molecule has 138 valence electrons. The van der Waals surface area contributed by atoms with Gasteiger partial charge in [-0.05, 0) is 36.3 Å². The van der Waals surface area contributed by atoms with Crippen LogP contribution in [-0.2, 0) is 25.2 Å². The third kappa shape index (κ3) is 4.44. The van der Waals surface area contributed by atoms with Crippen molar-refractivity contribution in [3.8, 4) is 0 Å². The average molecular weight is 396 g/mol. The van der Waals surface area contributed by atoms with Gasteiger partial charge in [0.1, 0.15) is 11.3 Å². The van der Waals surface area contributed by atoms with Crippen LogP contribution >= 0.6 is 0 Å². The van der Waals surface area contributed by atoms with Gasteiger partial charge < -0.3 is 4.84 Å². The van der Waals surface area contributed by atoms with Crippen molar-refractivity contribution in [3.63, 3.8) is 0 Å². The normalized spacial score (nSPS) is 18.8. The molecule has 0 saturated heterocycles. The Labute approximate surface area is 181 Å².